The number of anilines is 1. The number of hydrogen-bond acceptors (Lipinski definition) is 2. The molecule has 1 aromatic carbocycles. The molecule has 0 saturated heterocycles. The van der Waals surface area contributed by atoms with E-state index in [4.69, 9.17) is 11.0 Å². The molecule has 0 aliphatic rings. The lowest BCUT2D eigenvalue weighted by Gasteiger charge is -1.99. The van der Waals surface area contributed by atoms with Crippen molar-refractivity contribution in [3.63, 3.8) is 0 Å². The number of nitriles is 1. The Morgan fingerprint density at radius 1 is 1.55 bits per heavy atom. The summed E-state index contributed by atoms with van der Waals surface area (Å²) >= 11 is 0. The number of nitrogen functional groups attached to an aromatic ring is 1. The molecular weight excluding hydrogens is 143 g/mol. The summed E-state index contributed by atoms with van der Waals surface area (Å²) in [5.74, 6) is -0.627. The molecule has 1 rings (SSSR count). The smallest absolute Gasteiger partial charge is 0.163 e. The molecule has 2 N–H and O–H groups in total. The van der Waals surface area contributed by atoms with Gasteiger partial charge in [-0.1, -0.05) is 0 Å². The van der Waals surface area contributed by atoms with Crippen LogP contribution in [-0.2, 0) is 0 Å². The van der Waals surface area contributed by atoms with E-state index in [0.717, 1.165) is 5.56 Å². The molecule has 0 atom stereocenters. The molecule has 1 aromatic rings. The van der Waals surface area contributed by atoms with Crippen LogP contribution in [0.5, 0.6) is 0 Å². The average Bonchev–Trinajstić information content (AvgIpc) is 1.96. The van der Waals surface area contributed by atoms with Gasteiger partial charge in [-0.15, -0.1) is 0 Å². The van der Waals surface area contributed by atoms with E-state index < -0.39 is 5.82 Å². The van der Waals surface area contributed by atoms with Gasteiger partial charge in [-0.05, 0) is 24.6 Å². The van der Waals surface area contributed by atoms with Gasteiger partial charge in [0.15, 0.2) is 5.82 Å². The van der Waals surface area contributed by atoms with E-state index in [-0.39, 0.29) is 11.3 Å². The highest BCUT2D eigenvalue weighted by atomic mass is 19.1. The first-order valence-corrected chi connectivity index (χ1v) is 3.11. The van der Waals surface area contributed by atoms with E-state index in [0.29, 0.717) is 0 Å². The highest BCUT2D eigenvalue weighted by Crippen LogP contribution is 2.16. The van der Waals surface area contributed by atoms with Gasteiger partial charge in [0.1, 0.15) is 6.07 Å². The van der Waals surface area contributed by atoms with E-state index in [2.05, 4.69) is 0 Å². The first-order valence-electron chi connectivity index (χ1n) is 3.11. The fourth-order valence-electron chi connectivity index (χ4n) is 0.878. The van der Waals surface area contributed by atoms with Crippen LogP contribution < -0.4 is 5.73 Å². The summed E-state index contributed by atoms with van der Waals surface area (Å²) in [7, 11) is 0. The standard InChI is InChI=1S/C8H7FN2/c1-5-2-6(4-10)8(9)7(11)3-5/h2-3H,11H2,1H3. The van der Waals surface area contributed by atoms with Gasteiger partial charge in [-0.2, -0.15) is 5.26 Å². The van der Waals surface area contributed by atoms with Crippen molar-refractivity contribution in [1.29, 1.82) is 5.26 Å². The Kier molecular flexibility index (Phi) is 1.77. The molecule has 0 saturated carbocycles. The van der Waals surface area contributed by atoms with Crippen LogP contribution >= 0.6 is 0 Å². The van der Waals surface area contributed by atoms with Crippen LogP contribution in [0.4, 0.5) is 10.1 Å². The van der Waals surface area contributed by atoms with E-state index in [1.807, 2.05) is 0 Å². The predicted octanol–water partition coefficient (Wildman–Crippen LogP) is 1.59. The maximum absolute atomic E-state index is 12.8. The lowest BCUT2D eigenvalue weighted by molar-refractivity contribution is 0.628. The molecule has 0 aliphatic heterocycles. The van der Waals surface area contributed by atoms with Crippen molar-refractivity contribution < 1.29 is 4.39 Å². The van der Waals surface area contributed by atoms with Crippen LogP contribution in [0.3, 0.4) is 0 Å². The number of rotatable bonds is 0. The topological polar surface area (TPSA) is 49.8 Å². The van der Waals surface area contributed by atoms with Crippen LogP contribution in [-0.4, -0.2) is 0 Å². The number of nitrogens with zero attached hydrogens (tertiary/aromatic N) is 1. The Morgan fingerprint density at radius 2 is 2.18 bits per heavy atom. The Morgan fingerprint density at radius 3 is 2.73 bits per heavy atom. The number of hydrogen-bond donors (Lipinski definition) is 1. The molecule has 0 radical (unpaired) electrons. The first kappa shape index (κ1) is 7.55. The van der Waals surface area contributed by atoms with Gasteiger partial charge in [0.2, 0.25) is 0 Å². The quantitative estimate of drug-likeness (QED) is 0.571. The van der Waals surface area contributed by atoms with Gasteiger partial charge in [0, 0.05) is 0 Å². The molecule has 11 heavy (non-hydrogen) atoms. The fraction of sp³-hybridized carbons (Fsp3) is 0.125. The van der Waals surface area contributed by atoms with Gasteiger partial charge in [-0.25, -0.2) is 4.39 Å². The van der Waals surface area contributed by atoms with Crippen LogP contribution in [0.2, 0.25) is 0 Å². The maximum Gasteiger partial charge on any atom is 0.163 e. The van der Waals surface area contributed by atoms with Gasteiger partial charge in [0.05, 0.1) is 11.3 Å². The van der Waals surface area contributed by atoms with Crippen molar-refractivity contribution >= 4 is 5.69 Å². The summed E-state index contributed by atoms with van der Waals surface area (Å²) in [5, 5.41) is 8.42. The van der Waals surface area contributed by atoms with Crippen LogP contribution in [0.25, 0.3) is 0 Å². The van der Waals surface area contributed by atoms with Crippen molar-refractivity contribution in [2.75, 3.05) is 5.73 Å². The summed E-state index contributed by atoms with van der Waals surface area (Å²) in [6.45, 7) is 1.76. The normalized spacial score (nSPS) is 9.18. The molecule has 0 aliphatic carbocycles. The molecule has 0 fully saturated rings. The second kappa shape index (κ2) is 2.59. The Labute approximate surface area is 64.1 Å². The molecule has 0 bridgehead atoms. The van der Waals surface area contributed by atoms with E-state index in [1.54, 1.807) is 13.0 Å². The molecule has 56 valence electrons. The molecule has 3 heteroatoms. The summed E-state index contributed by atoms with van der Waals surface area (Å²) in [6.07, 6.45) is 0. The monoisotopic (exact) mass is 150 g/mol. The summed E-state index contributed by atoms with van der Waals surface area (Å²) < 4.78 is 12.8. The highest BCUT2D eigenvalue weighted by molar-refractivity contribution is 5.50. The third-order valence-electron chi connectivity index (χ3n) is 1.37. The number of benzene rings is 1. The van der Waals surface area contributed by atoms with Crippen molar-refractivity contribution in [1.82, 2.24) is 0 Å². The third-order valence-corrected chi connectivity index (χ3v) is 1.37. The Bertz CT molecular complexity index is 326. The molecular formula is C8H7FN2. The molecule has 0 spiro atoms. The number of halogens is 1. The predicted molar refractivity (Wildman–Crippen MR) is 40.3 cm³/mol. The van der Waals surface area contributed by atoms with Gasteiger partial charge in [-0.3, -0.25) is 0 Å². The van der Waals surface area contributed by atoms with Crippen LogP contribution in [0, 0.1) is 24.1 Å². The Balaban J connectivity index is 3.39. The highest BCUT2D eigenvalue weighted by Gasteiger charge is 2.04. The number of aryl methyl sites for hydroxylation is 1. The molecule has 0 amide bonds. The van der Waals surface area contributed by atoms with Crippen molar-refractivity contribution in [3.05, 3.63) is 29.1 Å². The van der Waals surface area contributed by atoms with Crippen molar-refractivity contribution in [2.45, 2.75) is 6.92 Å². The summed E-state index contributed by atoms with van der Waals surface area (Å²) in [6, 6.07) is 4.68. The van der Waals surface area contributed by atoms with Crippen molar-refractivity contribution in [3.8, 4) is 6.07 Å². The molecule has 0 aromatic heterocycles. The first-order chi connectivity index (χ1) is 5.15. The minimum absolute atomic E-state index is 0.00231. The van der Waals surface area contributed by atoms with E-state index in [9.17, 15) is 4.39 Å². The van der Waals surface area contributed by atoms with Gasteiger partial charge < -0.3 is 5.73 Å². The van der Waals surface area contributed by atoms with E-state index in [1.165, 1.54) is 12.1 Å². The number of nitrogens with two attached hydrogens (primary N) is 1. The van der Waals surface area contributed by atoms with Gasteiger partial charge in [0.25, 0.3) is 0 Å². The zero-order valence-corrected chi connectivity index (χ0v) is 6.06. The summed E-state index contributed by atoms with van der Waals surface area (Å²) in [5.41, 5.74) is 6.09. The summed E-state index contributed by atoms with van der Waals surface area (Å²) in [4.78, 5) is 0. The largest absolute Gasteiger partial charge is 0.396 e. The molecule has 2 nitrogen and oxygen atoms in total. The van der Waals surface area contributed by atoms with Gasteiger partial charge >= 0.3 is 0 Å². The lowest BCUT2D eigenvalue weighted by Crippen LogP contribution is -1.94. The van der Waals surface area contributed by atoms with Crippen molar-refractivity contribution in [2.24, 2.45) is 0 Å². The minimum atomic E-state index is -0.627. The Hall–Kier alpha value is -1.56. The third kappa shape index (κ3) is 1.30. The molecule has 0 unspecified atom stereocenters. The fourth-order valence-corrected chi connectivity index (χ4v) is 0.878. The minimum Gasteiger partial charge on any atom is -0.396 e. The van der Waals surface area contributed by atoms with Crippen LogP contribution in [0.15, 0.2) is 12.1 Å². The second-order valence-corrected chi connectivity index (χ2v) is 2.33. The molecule has 0 heterocycles. The lowest BCUT2D eigenvalue weighted by atomic mass is 10.1. The maximum atomic E-state index is 12.8. The average molecular weight is 150 g/mol. The second-order valence-electron chi connectivity index (χ2n) is 2.33. The zero-order valence-electron chi connectivity index (χ0n) is 6.06. The SMILES string of the molecule is Cc1cc(N)c(F)c(C#N)c1. The zero-order chi connectivity index (χ0) is 8.43. The van der Waals surface area contributed by atoms with E-state index >= 15 is 0 Å². The van der Waals surface area contributed by atoms with Crippen LogP contribution in [0.1, 0.15) is 11.1 Å².